The maximum atomic E-state index is 6.10. The van der Waals surface area contributed by atoms with E-state index in [0.717, 1.165) is 24.8 Å². The van der Waals surface area contributed by atoms with Crippen LogP contribution >= 0.6 is 11.6 Å². The summed E-state index contributed by atoms with van der Waals surface area (Å²) >= 11 is 6.10. The second kappa shape index (κ2) is 7.53. The third-order valence-corrected chi connectivity index (χ3v) is 3.93. The Morgan fingerprint density at radius 2 is 2.05 bits per heavy atom. The molecule has 0 bridgehead atoms. The lowest BCUT2D eigenvalue weighted by Gasteiger charge is -2.21. The van der Waals surface area contributed by atoms with Gasteiger partial charge in [-0.3, -0.25) is 0 Å². The summed E-state index contributed by atoms with van der Waals surface area (Å²) in [6.45, 7) is 3.77. The van der Waals surface area contributed by atoms with E-state index < -0.39 is 0 Å². The first kappa shape index (κ1) is 14.4. The molecule has 0 aliphatic heterocycles. The summed E-state index contributed by atoms with van der Waals surface area (Å²) in [5.74, 6) is 2.24. The minimum absolute atomic E-state index is 0.588. The Morgan fingerprint density at radius 1 is 1.26 bits per heavy atom. The first-order valence-electron chi connectivity index (χ1n) is 7.30. The van der Waals surface area contributed by atoms with E-state index in [2.05, 4.69) is 20.6 Å². The normalized spacial score (nSPS) is 16.3. The summed E-state index contributed by atoms with van der Waals surface area (Å²) in [6, 6.07) is 0. The Morgan fingerprint density at radius 3 is 2.79 bits per heavy atom. The van der Waals surface area contributed by atoms with E-state index in [1.807, 2.05) is 6.92 Å². The van der Waals surface area contributed by atoms with Gasteiger partial charge in [-0.25, -0.2) is 4.98 Å². The molecular weight excluding hydrogens is 260 g/mol. The number of anilines is 2. The molecule has 0 aromatic carbocycles. The van der Waals surface area contributed by atoms with Gasteiger partial charge in [0.05, 0.1) is 6.20 Å². The fraction of sp³-hybridized carbons (Fsp3) is 0.714. The van der Waals surface area contributed by atoms with Crippen molar-refractivity contribution in [3.05, 3.63) is 11.2 Å². The van der Waals surface area contributed by atoms with Gasteiger partial charge in [0, 0.05) is 13.1 Å². The minimum atomic E-state index is 0.588. The zero-order chi connectivity index (χ0) is 13.5. The third kappa shape index (κ3) is 4.53. The van der Waals surface area contributed by atoms with E-state index in [1.165, 1.54) is 38.5 Å². The van der Waals surface area contributed by atoms with Crippen molar-refractivity contribution in [3.8, 4) is 0 Å². The number of nitrogens with zero attached hydrogens (tertiary/aromatic N) is 2. The van der Waals surface area contributed by atoms with Crippen LogP contribution in [0.15, 0.2) is 6.20 Å². The van der Waals surface area contributed by atoms with Crippen molar-refractivity contribution < 1.29 is 0 Å². The maximum Gasteiger partial charge on any atom is 0.224 e. The topological polar surface area (TPSA) is 49.8 Å². The van der Waals surface area contributed by atoms with Crippen LogP contribution in [0, 0.1) is 5.92 Å². The molecule has 4 nitrogen and oxygen atoms in total. The Bertz CT molecular complexity index is 391. The Labute approximate surface area is 120 Å². The van der Waals surface area contributed by atoms with Crippen molar-refractivity contribution in [1.29, 1.82) is 0 Å². The van der Waals surface area contributed by atoms with Gasteiger partial charge in [-0.15, -0.1) is 0 Å². The first-order chi connectivity index (χ1) is 9.29. The van der Waals surface area contributed by atoms with Gasteiger partial charge in [0.2, 0.25) is 5.95 Å². The molecule has 2 N–H and O–H groups in total. The summed E-state index contributed by atoms with van der Waals surface area (Å²) in [4.78, 5) is 8.51. The summed E-state index contributed by atoms with van der Waals surface area (Å²) in [5, 5.41) is 7.02. The average molecular weight is 283 g/mol. The Balaban J connectivity index is 1.82. The highest BCUT2D eigenvalue weighted by Gasteiger charge is 2.13. The van der Waals surface area contributed by atoms with Gasteiger partial charge in [0.25, 0.3) is 0 Å². The summed E-state index contributed by atoms with van der Waals surface area (Å²) in [5.41, 5.74) is 0. The lowest BCUT2D eigenvalue weighted by Crippen LogP contribution is -2.13. The number of hydrogen-bond donors (Lipinski definition) is 2. The second-order valence-electron chi connectivity index (χ2n) is 5.14. The molecule has 1 aliphatic carbocycles. The van der Waals surface area contributed by atoms with E-state index in [1.54, 1.807) is 6.20 Å². The van der Waals surface area contributed by atoms with Gasteiger partial charge in [-0.2, -0.15) is 4.98 Å². The standard InChI is InChI=1S/C14H23ClN4/c1-2-16-14-18-10-12(15)13(19-14)17-9-8-11-6-4-3-5-7-11/h10-11H,2-9H2,1H3,(H2,16,17,18,19). The van der Waals surface area contributed by atoms with Crippen LogP contribution < -0.4 is 10.6 Å². The summed E-state index contributed by atoms with van der Waals surface area (Å²) < 4.78 is 0. The largest absolute Gasteiger partial charge is 0.369 e. The third-order valence-electron chi connectivity index (χ3n) is 3.65. The maximum absolute atomic E-state index is 6.10. The highest BCUT2D eigenvalue weighted by molar-refractivity contribution is 6.32. The zero-order valence-electron chi connectivity index (χ0n) is 11.6. The lowest BCUT2D eigenvalue weighted by molar-refractivity contribution is 0.345. The molecule has 0 amide bonds. The molecule has 1 saturated carbocycles. The van der Waals surface area contributed by atoms with Crippen molar-refractivity contribution in [1.82, 2.24) is 9.97 Å². The zero-order valence-corrected chi connectivity index (χ0v) is 12.3. The van der Waals surface area contributed by atoms with Crippen LogP contribution in [0.4, 0.5) is 11.8 Å². The molecule has 0 unspecified atom stereocenters. The minimum Gasteiger partial charge on any atom is -0.369 e. The van der Waals surface area contributed by atoms with Crippen LogP contribution in [0.1, 0.15) is 45.4 Å². The van der Waals surface area contributed by atoms with E-state index in [0.29, 0.717) is 11.0 Å². The molecule has 2 rings (SSSR count). The van der Waals surface area contributed by atoms with Crippen LogP contribution in [0.3, 0.4) is 0 Å². The van der Waals surface area contributed by atoms with Gasteiger partial charge < -0.3 is 10.6 Å². The van der Waals surface area contributed by atoms with Crippen LogP contribution in [-0.4, -0.2) is 23.1 Å². The Hall–Kier alpha value is -1.03. The van der Waals surface area contributed by atoms with Crippen LogP contribution in [-0.2, 0) is 0 Å². The van der Waals surface area contributed by atoms with Crippen molar-refractivity contribution in [3.63, 3.8) is 0 Å². The SMILES string of the molecule is CCNc1ncc(Cl)c(NCCC2CCCCC2)n1. The van der Waals surface area contributed by atoms with E-state index in [4.69, 9.17) is 11.6 Å². The molecule has 0 spiro atoms. The molecule has 1 fully saturated rings. The monoisotopic (exact) mass is 282 g/mol. The predicted molar refractivity (Wildman–Crippen MR) is 80.9 cm³/mol. The van der Waals surface area contributed by atoms with Crippen molar-refractivity contribution in [2.24, 2.45) is 5.92 Å². The van der Waals surface area contributed by atoms with E-state index >= 15 is 0 Å². The molecule has 0 radical (unpaired) electrons. The smallest absolute Gasteiger partial charge is 0.224 e. The highest BCUT2D eigenvalue weighted by Crippen LogP contribution is 2.26. The molecule has 1 aromatic rings. The van der Waals surface area contributed by atoms with Gasteiger partial charge in [-0.1, -0.05) is 43.7 Å². The molecule has 19 heavy (non-hydrogen) atoms. The molecule has 0 atom stereocenters. The van der Waals surface area contributed by atoms with Crippen LogP contribution in [0.25, 0.3) is 0 Å². The number of nitrogens with one attached hydrogen (secondary N) is 2. The van der Waals surface area contributed by atoms with Crippen LogP contribution in [0.5, 0.6) is 0 Å². The summed E-state index contributed by atoms with van der Waals surface area (Å²) in [7, 11) is 0. The highest BCUT2D eigenvalue weighted by atomic mass is 35.5. The van der Waals surface area contributed by atoms with Gasteiger partial charge in [0.15, 0.2) is 0 Å². The number of rotatable bonds is 6. The molecule has 1 aliphatic rings. The molecule has 0 saturated heterocycles. The molecule has 1 aromatic heterocycles. The number of hydrogen-bond acceptors (Lipinski definition) is 4. The van der Waals surface area contributed by atoms with Gasteiger partial charge in [0.1, 0.15) is 10.8 Å². The lowest BCUT2D eigenvalue weighted by atomic mass is 9.87. The predicted octanol–water partition coefficient (Wildman–Crippen LogP) is 3.94. The quantitative estimate of drug-likeness (QED) is 0.830. The second-order valence-corrected chi connectivity index (χ2v) is 5.55. The summed E-state index contributed by atoms with van der Waals surface area (Å²) in [6.07, 6.45) is 9.80. The van der Waals surface area contributed by atoms with E-state index in [9.17, 15) is 0 Å². The molecule has 106 valence electrons. The van der Waals surface area contributed by atoms with Crippen LogP contribution in [0.2, 0.25) is 5.02 Å². The van der Waals surface area contributed by atoms with E-state index in [-0.39, 0.29) is 0 Å². The first-order valence-corrected chi connectivity index (χ1v) is 7.67. The molecule has 1 heterocycles. The van der Waals surface area contributed by atoms with Gasteiger partial charge in [-0.05, 0) is 19.3 Å². The number of halogens is 1. The van der Waals surface area contributed by atoms with Crippen molar-refractivity contribution >= 4 is 23.4 Å². The van der Waals surface area contributed by atoms with Crippen molar-refractivity contribution in [2.75, 3.05) is 23.7 Å². The fourth-order valence-electron chi connectivity index (χ4n) is 2.60. The number of aromatic nitrogens is 2. The Kier molecular flexibility index (Phi) is 5.70. The average Bonchev–Trinajstić information content (AvgIpc) is 2.44. The fourth-order valence-corrected chi connectivity index (χ4v) is 2.76. The molecular formula is C14H23ClN4. The van der Waals surface area contributed by atoms with Crippen molar-refractivity contribution in [2.45, 2.75) is 45.4 Å². The van der Waals surface area contributed by atoms with Gasteiger partial charge >= 0.3 is 0 Å². The molecule has 5 heteroatoms.